The maximum absolute atomic E-state index is 14.6. The van der Waals surface area contributed by atoms with Crippen LogP contribution in [-0.2, 0) is 38.0 Å². The first-order valence-electron chi connectivity index (χ1n) is 23.6. The zero-order valence-electron chi connectivity index (χ0n) is 39.4. The number of carboxylic acids is 1. The fourth-order valence-corrected chi connectivity index (χ4v) is 11.2. The molecule has 0 aliphatic carbocycles. The van der Waals surface area contributed by atoms with Crippen LogP contribution < -0.4 is 5.32 Å². The molecule has 0 aromatic rings. The first-order chi connectivity index (χ1) is 29.0. The number of hydrogen-bond donors (Lipinski definition) is 4. The molecule has 19 atom stereocenters. The number of nitrogens with zero attached hydrogens (tertiary/aromatic N) is 1. The Labute approximate surface area is 370 Å². The summed E-state index contributed by atoms with van der Waals surface area (Å²) < 4.78 is 39.5. The molecule has 4 saturated heterocycles. The third-order valence-corrected chi connectivity index (χ3v) is 15.6. The van der Waals surface area contributed by atoms with Crippen molar-refractivity contribution in [2.45, 2.75) is 225 Å². The molecule has 0 saturated carbocycles. The summed E-state index contributed by atoms with van der Waals surface area (Å²) >= 11 is 0. The molecule has 4 N–H and O–H groups in total. The number of carboxylic acid groups (broad SMARTS) is 1. The number of rotatable bonds is 15. The lowest BCUT2D eigenvalue weighted by atomic mass is 9.72. The van der Waals surface area contributed by atoms with Gasteiger partial charge in [0.25, 0.3) is 0 Å². The van der Waals surface area contributed by atoms with Crippen molar-refractivity contribution in [1.82, 2.24) is 5.32 Å². The molecular weight excluding hydrogens is 797 g/mol. The summed E-state index contributed by atoms with van der Waals surface area (Å²) in [6, 6.07) is 1.28. The first kappa shape index (κ1) is 50.4. The Morgan fingerprint density at radius 1 is 0.935 bits per heavy atom. The molecule has 4 fully saturated rings. The molecule has 352 valence electrons. The fourth-order valence-electron chi connectivity index (χ4n) is 11.2. The smallest absolute Gasteiger partial charge is 0.409 e. The molecule has 14 nitrogen and oxygen atoms in total. The number of aliphatic hydroxyl groups excluding tert-OH is 1. The number of nitrogens with one attached hydrogen (secondary N) is 1. The lowest BCUT2D eigenvalue weighted by molar-refractivity contribution is -0.327. The van der Waals surface area contributed by atoms with E-state index in [4.69, 9.17) is 28.4 Å². The van der Waals surface area contributed by atoms with Gasteiger partial charge in [-0.25, -0.2) is 4.79 Å². The zero-order chi connectivity index (χ0) is 46.1. The van der Waals surface area contributed by atoms with Gasteiger partial charge in [-0.2, -0.15) is 5.26 Å². The normalized spacial score (nSPS) is 41.3. The van der Waals surface area contributed by atoms with Crippen LogP contribution in [-0.4, -0.2) is 111 Å². The van der Waals surface area contributed by atoms with Crippen LogP contribution in [0.1, 0.15) is 147 Å². The first-order valence-corrected chi connectivity index (χ1v) is 23.6. The van der Waals surface area contributed by atoms with Crippen molar-refractivity contribution < 1.29 is 58.1 Å². The summed E-state index contributed by atoms with van der Waals surface area (Å²) in [6.07, 6.45) is 4.56. The van der Waals surface area contributed by atoms with E-state index in [0.29, 0.717) is 57.8 Å². The van der Waals surface area contributed by atoms with E-state index < -0.39 is 101 Å². The van der Waals surface area contributed by atoms with Gasteiger partial charge in [0.1, 0.15) is 18.0 Å². The summed E-state index contributed by atoms with van der Waals surface area (Å²) in [5.41, 5.74) is -2.96. The highest BCUT2D eigenvalue weighted by molar-refractivity contribution is 5.84. The van der Waals surface area contributed by atoms with Gasteiger partial charge in [0, 0.05) is 23.7 Å². The number of ketones is 1. The van der Waals surface area contributed by atoms with Gasteiger partial charge >= 0.3 is 12.1 Å². The van der Waals surface area contributed by atoms with Gasteiger partial charge in [-0.1, -0.05) is 61.5 Å². The predicted molar refractivity (Wildman–Crippen MR) is 231 cm³/mol. The topological polar surface area (TPSA) is 203 Å². The van der Waals surface area contributed by atoms with Crippen LogP contribution in [0, 0.1) is 52.8 Å². The van der Waals surface area contributed by atoms with Gasteiger partial charge in [-0.3, -0.25) is 9.59 Å². The number of Topliss-reactive ketones (excluding diaryl/α,β-unsaturated/α-hetero) is 1. The highest BCUT2D eigenvalue weighted by atomic mass is 16.7. The van der Waals surface area contributed by atoms with Crippen molar-refractivity contribution >= 4 is 17.8 Å². The number of hydrogen-bond acceptors (Lipinski definition) is 12. The van der Waals surface area contributed by atoms with Crippen molar-refractivity contribution in [3.8, 4) is 6.07 Å². The molecule has 0 aromatic heterocycles. The third-order valence-electron chi connectivity index (χ3n) is 15.6. The molecule has 1 spiro atoms. The van der Waals surface area contributed by atoms with Crippen molar-refractivity contribution in [3.05, 3.63) is 12.2 Å². The van der Waals surface area contributed by atoms with Crippen molar-refractivity contribution in [2.24, 2.45) is 41.4 Å². The molecule has 1 amide bonds. The van der Waals surface area contributed by atoms with E-state index in [1.54, 1.807) is 6.92 Å². The number of carbonyl (C=O) groups excluding carboxylic acids is 2. The maximum Gasteiger partial charge on any atom is 0.409 e. The Bertz CT molecular complexity index is 1650. The molecule has 5 aliphatic heterocycles. The van der Waals surface area contributed by atoms with Gasteiger partial charge in [-0.15, -0.1) is 0 Å². The minimum atomic E-state index is -1.37. The number of amides is 1. The Morgan fingerprint density at radius 3 is 2.21 bits per heavy atom. The summed E-state index contributed by atoms with van der Waals surface area (Å²) in [5.74, 6) is -4.79. The average Bonchev–Trinajstić information content (AvgIpc) is 3.63. The number of aliphatic hydroxyl groups is 2. The minimum absolute atomic E-state index is 0.0385. The maximum atomic E-state index is 14.6. The van der Waals surface area contributed by atoms with E-state index in [1.165, 1.54) is 13.8 Å². The lowest BCUT2D eigenvalue weighted by Gasteiger charge is -2.52. The quantitative estimate of drug-likeness (QED) is 0.120. The highest BCUT2D eigenvalue weighted by Crippen LogP contribution is 2.49. The van der Waals surface area contributed by atoms with Gasteiger partial charge in [0.05, 0.1) is 65.9 Å². The Balaban J connectivity index is 1.37. The minimum Gasteiger partial charge on any atom is -0.481 e. The van der Waals surface area contributed by atoms with Crippen molar-refractivity contribution in [1.29, 1.82) is 5.26 Å². The largest absolute Gasteiger partial charge is 0.481 e. The van der Waals surface area contributed by atoms with Crippen LogP contribution in [0.15, 0.2) is 12.2 Å². The Hall–Kier alpha value is -2.64. The second kappa shape index (κ2) is 19.8. The summed E-state index contributed by atoms with van der Waals surface area (Å²) in [4.78, 5) is 39.9. The second-order valence-electron chi connectivity index (χ2n) is 20.4. The molecule has 0 radical (unpaired) electrons. The van der Waals surface area contributed by atoms with E-state index in [9.17, 15) is 35.0 Å². The Morgan fingerprint density at radius 2 is 1.61 bits per heavy atom. The van der Waals surface area contributed by atoms with Crippen LogP contribution in [0.25, 0.3) is 0 Å². The van der Waals surface area contributed by atoms with Gasteiger partial charge in [0.15, 0.2) is 11.4 Å². The summed E-state index contributed by atoms with van der Waals surface area (Å²) in [5, 5.41) is 45.3. The average molecular weight is 875 g/mol. The molecule has 14 heteroatoms. The van der Waals surface area contributed by atoms with Crippen molar-refractivity contribution in [3.63, 3.8) is 0 Å². The molecule has 2 unspecified atom stereocenters. The number of aliphatic carboxylic acids is 1. The van der Waals surface area contributed by atoms with E-state index in [-0.39, 0.29) is 35.7 Å². The molecule has 62 heavy (non-hydrogen) atoms. The standard InChI is InChI=1S/C48H78N2O12/c1-13-32(43(53)54)35-17-16-26(4)40(58-35)30(8)38(51)29(7)39(52)33(14-2)41-27(5)24-28(6)48(60-41)23-18-34(50-44(55)62-45(10,11)25-49)42(61-48)36-19-21-46(12,59-36)37-20-22-47(56,15-3)31(9)57-37/h18,23,26-38,40-42,51,56H,13-17,19-22,24H2,1-12H3,(H,50,55)(H,53,54)/t26-,27-,28+,29-,30-,31-,32+,33-,34+,35+,36?,37+,38+,40+,41-,42?,46-,47+,48-/m0/s1. The zero-order valence-corrected chi connectivity index (χ0v) is 39.4. The van der Waals surface area contributed by atoms with Crippen molar-refractivity contribution in [2.75, 3.05) is 0 Å². The predicted octanol–water partition coefficient (Wildman–Crippen LogP) is 7.26. The van der Waals surface area contributed by atoms with Crippen LogP contribution in [0.3, 0.4) is 0 Å². The second-order valence-corrected chi connectivity index (χ2v) is 20.4. The van der Waals surface area contributed by atoms with E-state index in [0.717, 1.165) is 6.42 Å². The molecule has 5 rings (SSSR count). The molecule has 5 heterocycles. The molecular formula is C48H78N2O12. The Kier molecular flexibility index (Phi) is 16.1. The number of alkyl carbamates (subject to hydrolysis) is 1. The summed E-state index contributed by atoms with van der Waals surface area (Å²) in [7, 11) is 0. The van der Waals surface area contributed by atoms with Gasteiger partial charge in [0.2, 0.25) is 0 Å². The third kappa shape index (κ3) is 10.4. The fraction of sp³-hybridized carbons (Fsp3) is 0.875. The molecule has 0 bridgehead atoms. The molecule has 5 aliphatic rings. The lowest BCUT2D eigenvalue weighted by Crippen LogP contribution is -2.62. The molecule has 0 aromatic carbocycles. The number of ether oxygens (including phenoxy) is 6. The van der Waals surface area contributed by atoms with Gasteiger partial charge < -0.3 is 49.1 Å². The van der Waals surface area contributed by atoms with Crippen LogP contribution in [0.2, 0.25) is 0 Å². The SMILES string of the molecule is CC[C@@H](C(=O)[C@@H](C)[C@@H](O)[C@H](C)[C@@H]1O[C@@H]([C@@H](CC)C(=O)O)CC[C@@H]1C)[C@H]1O[C@]2(C=C[C@@H](NC(=O)OC(C)(C)C#N)C(C3CC[C@@](C)([C@H]4CC[C@](O)(CC)[C@H](C)O4)O3)O2)[C@H](C)C[C@@H]1C. The summed E-state index contributed by atoms with van der Waals surface area (Å²) in [6.45, 7) is 22.6. The van der Waals surface area contributed by atoms with Crippen LogP contribution >= 0.6 is 0 Å². The monoisotopic (exact) mass is 875 g/mol. The number of nitriles is 1. The van der Waals surface area contributed by atoms with E-state index in [2.05, 4.69) is 26.1 Å². The highest BCUT2D eigenvalue weighted by Gasteiger charge is 2.57. The van der Waals surface area contributed by atoms with Gasteiger partial charge in [-0.05, 0) is 110 Å². The number of carbonyl (C=O) groups is 3. The van der Waals surface area contributed by atoms with E-state index in [1.807, 2.05) is 59.8 Å². The van der Waals surface area contributed by atoms with Crippen LogP contribution in [0.5, 0.6) is 0 Å². The van der Waals surface area contributed by atoms with Crippen LogP contribution in [0.4, 0.5) is 4.79 Å². The van der Waals surface area contributed by atoms with E-state index >= 15 is 0 Å².